The number of hydrogen-bond acceptors (Lipinski definition) is 2. The van der Waals surface area contributed by atoms with Gasteiger partial charge in [0.15, 0.2) is 7.05 Å². The first kappa shape index (κ1) is 18.9. The fourth-order valence-electron chi connectivity index (χ4n) is 5.55. The number of aromatic nitrogens is 3. The number of fused-ring (bicyclic) bond motifs is 4. The maximum Gasteiger partial charge on any atom is 0.496 e. The van der Waals surface area contributed by atoms with Crippen molar-refractivity contribution in [2.75, 3.05) is 7.05 Å². The van der Waals surface area contributed by atoms with E-state index in [2.05, 4.69) is 106 Å². The monoisotopic (exact) mass is 439 g/mol. The van der Waals surface area contributed by atoms with Crippen molar-refractivity contribution < 1.29 is 4.58 Å². The van der Waals surface area contributed by atoms with E-state index in [1.165, 1.54) is 11.1 Å². The molecule has 1 atom stereocenters. The van der Waals surface area contributed by atoms with E-state index in [4.69, 9.17) is 4.98 Å². The molecule has 1 aliphatic heterocycles. The Balaban J connectivity index is 1.54. The predicted molar refractivity (Wildman–Crippen MR) is 132 cm³/mol. The third-order valence-electron chi connectivity index (χ3n) is 6.96. The molecule has 2 aliphatic rings. The molecule has 3 aromatic carbocycles. The molecule has 0 saturated carbocycles. The molecular formula is C29H21N5+2. The number of rotatable bonds is 3. The minimum Gasteiger partial charge on any atom is -0.281 e. The molecule has 5 aromatic rings. The van der Waals surface area contributed by atoms with Gasteiger partial charge in [-0.15, -0.1) is 0 Å². The summed E-state index contributed by atoms with van der Waals surface area (Å²) in [5.74, 6) is 0. The minimum absolute atomic E-state index is 0.592. The molecule has 0 spiro atoms. The molecule has 1 unspecified atom stereocenters. The van der Waals surface area contributed by atoms with Crippen LogP contribution in [0, 0.1) is 0 Å². The first-order chi connectivity index (χ1) is 16.8. The Labute approximate surface area is 197 Å². The summed E-state index contributed by atoms with van der Waals surface area (Å²) < 4.78 is 4.16. The molecule has 34 heavy (non-hydrogen) atoms. The fraction of sp³-hybridized carbons (Fsp3) is 0.0690. The first-order valence-corrected chi connectivity index (χ1v) is 11.3. The second kappa shape index (κ2) is 6.95. The highest BCUT2D eigenvalue weighted by Gasteiger charge is 2.49. The molecule has 0 radical (unpaired) electrons. The van der Waals surface area contributed by atoms with Gasteiger partial charge in [0.2, 0.25) is 5.69 Å². The SMILES string of the molecule is C[N+]1=C=[N+](c2cccc(C3(c4ccn[nH]4)c4ccccc4-c4cccnc43)c2)c2ccccc21. The Kier molecular flexibility index (Phi) is 3.87. The molecule has 0 saturated heterocycles. The first-order valence-electron chi connectivity index (χ1n) is 11.3. The summed E-state index contributed by atoms with van der Waals surface area (Å²) in [5, 5.41) is 7.62. The van der Waals surface area contributed by atoms with Gasteiger partial charge in [-0.25, -0.2) is 0 Å². The van der Waals surface area contributed by atoms with Gasteiger partial charge in [0.25, 0.3) is 11.4 Å². The van der Waals surface area contributed by atoms with E-state index in [1.807, 2.05) is 30.1 Å². The van der Waals surface area contributed by atoms with Crippen LogP contribution < -0.4 is 4.58 Å². The molecule has 160 valence electrons. The van der Waals surface area contributed by atoms with Gasteiger partial charge in [0.1, 0.15) is 5.41 Å². The summed E-state index contributed by atoms with van der Waals surface area (Å²) in [5.41, 5.74) is 9.42. The molecular weight excluding hydrogens is 418 g/mol. The molecule has 3 heterocycles. The Morgan fingerprint density at radius 1 is 0.794 bits per heavy atom. The summed E-state index contributed by atoms with van der Waals surface area (Å²) in [6, 6.07) is 35.4. The maximum absolute atomic E-state index is 4.95. The van der Waals surface area contributed by atoms with Crippen molar-refractivity contribution in [2.45, 2.75) is 5.41 Å². The smallest absolute Gasteiger partial charge is 0.281 e. The van der Waals surface area contributed by atoms with Gasteiger partial charge in [-0.3, -0.25) is 10.1 Å². The molecule has 0 bridgehead atoms. The normalized spacial score (nSPS) is 17.6. The van der Waals surface area contributed by atoms with E-state index in [9.17, 15) is 0 Å². The van der Waals surface area contributed by atoms with Crippen molar-refractivity contribution in [1.29, 1.82) is 0 Å². The van der Waals surface area contributed by atoms with E-state index < -0.39 is 5.41 Å². The number of H-pyrrole nitrogens is 1. The standard InChI is InChI=1S/C29H21N5/c1-33-19-34(26-14-5-4-13-25(26)33)21-9-6-8-20(18-21)29(27-15-17-31-32-27)24-12-3-2-10-22(24)23-11-7-16-30-28(23)29/h2-18H,1H3,(H,31,32)/q+2. The number of nitrogens with zero attached hydrogens (tertiary/aromatic N) is 4. The molecule has 1 N–H and O–H groups in total. The van der Waals surface area contributed by atoms with E-state index in [-0.39, 0.29) is 0 Å². The summed E-state index contributed by atoms with van der Waals surface area (Å²) >= 11 is 0. The minimum atomic E-state index is -0.592. The largest absolute Gasteiger partial charge is 0.496 e. The lowest BCUT2D eigenvalue weighted by atomic mass is 9.72. The van der Waals surface area contributed by atoms with Gasteiger partial charge < -0.3 is 0 Å². The zero-order chi connectivity index (χ0) is 22.7. The Morgan fingerprint density at radius 3 is 2.50 bits per heavy atom. The van der Waals surface area contributed by atoms with Gasteiger partial charge >= 0.3 is 6.01 Å². The molecule has 5 nitrogen and oxygen atoms in total. The Hall–Kier alpha value is -4.60. The Bertz CT molecular complexity index is 1610. The van der Waals surface area contributed by atoms with Crippen LogP contribution in [0.15, 0.2) is 103 Å². The van der Waals surface area contributed by atoms with Crippen molar-refractivity contribution in [3.8, 4) is 11.1 Å². The van der Waals surface area contributed by atoms with Crippen LogP contribution in [-0.2, 0) is 5.41 Å². The number of hydrogen-bond donors (Lipinski definition) is 1. The highest BCUT2D eigenvalue weighted by molar-refractivity contribution is 5.85. The second-order valence-electron chi connectivity index (χ2n) is 8.70. The lowest BCUT2D eigenvalue weighted by Gasteiger charge is -2.30. The predicted octanol–water partition coefficient (Wildman–Crippen LogP) is 5.46. The van der Waals surface area contributed by atoms with E-state index in [0.29, 0.717) is 0 Å². The van der Waals surface area contributed by atoms with Crippen molar-refractivity contribution >= 4 is 23.1 Å². The van der Waals surface area contributed by atoms with Crippen LogP contribution in [0.4, 0.5) is 17.1 Å². The van der Waals surface area contributed by atoms with Crippen LogP contribution in [-0.4, -0.2) is 32.8 Å². The summed E-state index contributed by atoms with van der Waals surface area (Å²) in [6.07, 6.45) is 3.70. The third-order valence-corrected chi connectivity index (χ3v) is 6.96. The molecule has 0 amide bonds. The summed E-state index contributed by atoms with van der Waals surface area (Å²) in [6.45, 7) is 0. The lowest BCUT2D eigenvalue weighted by Crippen LogP contribution is -2.30. The number of para-hydroxylation sites is 2. The molecule has 2 aromatic heterocycles. The van der Waals surface area contributed by atoms with Crippen LogP contribution in [0.2, 0.25) is 0 Å². The molecule has 1 aliphatic carbocycles. The van der Waals surface area contributed by atoms with Gasteiger partial charge in [-0.05, 0) is 33.4 Å². The van der Waals surface area contributed by atoms with Gasteiger partial charge in [-0.2, -0.15) is 5.10 Å². The van der Waals surface area contributed by atoms with Crippen molar-refractivity contribution in [1.82, 2.24) is 19.8 Å². The van der Waals surface area contributed by atoms with Crippen molar-refractivity contribution in [3.05, 3.63) is 126 Å². The van der Waals surface area contributed by atoms with Crippen LogP contribution >= 0.6 is 0 Å². The molecule has 5 heteroatoms. The lowest BCUT2D eigenvalue weighted by molar-refractivity contribution is -0.394. The van der Waals surface area contributed by atoms with Gasteiger partial charge in [0, 0.05) is 42.2 Å². The average molecular weight is 440 g/mol. The Morgan fingerprint density at radius 2 is 1.62 bits per heavy atom. The van der Waals surface area contributed by atoms with Crippen LogP contribution in [0.1, 0.15) is 22.5 Å². The summed E-state index contributed by atoms with van der Waals surface area (Å²) in [4.78, 5) is 4.95. The zero-order valence-electron chi connectivity index (χ0n) is 18.6. The number of nitrogens with one attached hydrogen (secondary N) is 1. The van der Waals surface area contributed by atoms with Gasteiger partial charge in [-0.1, -0.05) is 59.2 Å². The number of aromatic amines is 1. The highest BCUT2D eigenvalue weighted by Crippen LogP contribution is 2.54. The van der Waals surface area contributed by atoms with E-state index in [0.717, 1.165) is 39.6 Å². The quantitative estimate of drug-likeness (QED) is 0.372. The van der Waals surface area contributed by atoms with Crippen LogP contribution in [0.3, 0.4) is 0 Å². The summed E-state index contributed by atoms with van der Waals surface area (Å²) in [7, 11) is 2.03. The highest BCUT2D eigenvalue weighted by atomic mass is 15.2. The zero-order valence-corrected chi connectivity index (χ0v) is 18.6. The number of benzene rings is 3. The molecule has 7 rings (SSSR count). The van der Waals surface area contributed by atoms with Crippen molar-refractivity contribution in [2.24, 2.45) is 0 Å². The third kappa shape index (κ3) is 2.39. The molecule has 0 fully saturated rings. The fourth-order valence-corrected chi connectivity index (χ4v) is 5.55. The van der Waals surface area contributed by atoms with Crippen LogP contribution in [0.25, 0.3) is 11.1 Å². The van der Waals surface area contributed by atoms with Gasteiger partial charge in [0.05, 0.1) is 11.4 Å². The van der Waals surface area contributed by atoms with E-state index in [1.54, 1.807) is 0 Å². The second-order valence-corrected chi connectivity index (χ2v) is 8.70. The topological polar surface area (TPSA) is 47.6 Å². The van der Waals surface area contributed by atoms with Crippen LogP contribution in [0.5, 0.6) is 0 Å². The van der Waals surface area contributed by atoms with E-state index >= 15 is 0 Å². The van der Waals surface area contributed by atoms with Crippen molar-refractivity contribution in [3.63, 3.8) is 0 Å². The maximum atomic E-state index is 4.95. The average Bonchev–Trinajstić information content (AvgIpc) is 3.61. The number of pyridine rings is 1.